The maximum Gasteiger partial charge on any atom is 0.408 e. The normalized spacial score (nSPS) is 14.2. The van der Waals surface area contributed by atoms with Crippen molar-refractivity contribution in [2.24, 2.45) is 11.8 Å². The van der Waals surface area contributed by atoms with E-state index in [-0.39, 0.29) is 12.1 Å². The van der Waals surface area contributed by atoms with Gasteiger partial charge in [-0.2, -0.15) is 0 Å². The molecule has 0 aliphatic rings. The number of hydrogen-bond donors (Lipinski definition) is 1. The zero-order chi connectivity index (χ0) is 15.1. The molecule has 0 aliphatic carbocycles. The molecule has 1 amide bonds. The molecule has 1 unspecified atom stereocenters. The molecule has 1 atom stereocenters. The first-order valence-corrected chi connectivity index (χ1v) is 7.26. The summed E-state index contributed by atoms with van der Waals surface area (Å²) >= 11 is 0. The van der Waals surface area contributed by atoms with Gasteiger partial charge in [0.15, 0.2) is 0 Å². The molecule has 0 rings (SSSR count). The van der Waals surface area contributed by atoms with Gasteiger partial charge in [0.2, 0.25) is 0 Å². The molecule has 0 heterocycles. The Labute approximate surface area is 118 Å². The lowest BCUT2D eigenvalue weighted by Gasteiger charge is -2.23. The molecule has 3 nitrogen and oxygen atoms in total. The van der Waals surface area contributed by atoms with Crippen LogP contribution in [-0.4, -0.2) is 17.7 Å². The van der Waals surface area contributed by atoms with Gasteiger partial charge in [-0.25, -0.2) is 4.79 Å². The summed E-state index contributed by atoms with van der Waals surface area (Å²) in [5.41, 5.74) is -0.450. The van der Waals surface area contributed by atoms with Crippen molar-refractivity contribution in [2.45, 2.75) is 73.0 Å². The number of hydrogen-bond acceptors (Lipinski definition) is 2. The van der Waals surface area contributed by atoms with Gasteiger partial charge in [-0.1, -0.05) is 39.8 Å². The molecule has 0 bridgehead atoms. The van der Waals surface area contributed by atoms with E-state index in [1.54, 1.807) is 0 Å². The van der Waals surface area contributed by atoms with Crippen LogP contribution >= 0.6 is 0 Å². The summed E-state index contributed by atoms with van der Waals surface area (Å²) < 4.78 is 5.29. The Bertz CT molecular complexity index is 288. The first-order valence-electron chi connectivity index (χ1n) is 7.26. The highest BCUT2D eigenvalue weighted by molar-refractivity contribution is 5.68. The van der Waals surface area contributed by atoms with E-state index < -0.39 is 5.60 Å². The molecule has 0 saturated heterocycles. The first-order chi connectivity index (χ1) is 8.60. The molecule has 0 aromatic heterocycles. The summed E-state index contributed by atoms with van der Waals surface area (Å²) in [5.74, 6) is 1.17. The lowest BCUT2D eigenvalue weighted by molar-refractivity contribution is 0.0510. The number of nitrogens with one attached hydrogen (secondary N) is 1. The fourth-order valence-corrected chi connectivity index (χ4v) is 1.67. The molecule has 19 heavy (non-hydrogen) atoms. The van der Waals surface area contributed by atoms with Crippen molar-refractivity contribution < 1.29 is 9.53 Å². The van der Waals surface area contributed by atoms with E-state index in [2.05, 4.69) is 45.2 Å². The van der Waals surface area contributed by atoms with Gasteiger partial charge < -0.3 is 10.1 Å². The Morgan fingerprint density at radius 3 is 2.16 bits per heavy atom. The second kappa shape index (κ2) is 8.23. The number of rotatable bonds is 6. The molecule has 0 aromatic rings. The minimum atomic E-state index is -0.450. The highest BCUT2D eigenvalue weighted by Crippen LogP contribution is 2.11. The zero-order valence-corrected chi connectivity index (χ0v) is 13.6. The Morgan fingerprint density at radius 1 is 1.16 bits per heavy atom. The monoisotopic (exact) mass is 269 g/mol. The predicted molar refractivity (Wildman–Crippen MR) is 81.2 cm³/mol. The van der Waals surface area contributed by atoms with Crippen molar-refractivity contribution in [3.05, 3.63) is 12.2 Å². The van der Waals surface area contributed by atoms with Crippen LogP contribution < -0.4 is 5.32 Å². The summed E-state index contributed by atoms with van der Waals surface area (Å²) in [7, 11) is 0. The third-order valence-corrected chi connectivity index (χ3v) is 2.40. The van der Waals surface area contributed by atoms with Gasteiger partial charge in [0.1, 0.15) is 5.60 Å². The van der Waals surface area contributed by atoms with E-state index in [0.717, 1.165) is 12.8 Å². The minimum absolute atomic E-state index is 0.0496. The van der Waals surface area contributed by atoms with Crippen LogP contribution in [0.1, 0.15) is 61.3 Å². The molecule has 1 N–H and O–H groups in total. The fraction of sp³-hybridized carbons (Fsp3) is 0.812. The summed E-state index contributed by atoms with van der Waals surface area (Å²) in [6.45, 7) is 14.3. The average molecular weight is 269 g/mol. The Hall–Kier alpha value is -0.990. The maximum absolute atomic E-state index is 11.8. The quantitative estimate of drug-likeness (QED) is 0.719. The van der Waals surface area contributed by atoms with Gasteiger partial charge in [0.05, 0.1) is 6.04 Å². The van der Waals surface area contributed by atoms with Crippen molar-refractivity contribution in [1.29, 1.82) is 0 Å². The van der Waals surface area contributed by atoms with Crippen LogP contribution in [0.25, 0.3) is 0 Å². The van der Waals surface area contributed by atoms with Crippen LogP contribution in [-0.2, 0) is 4.74 Å². The Balaban J connectivity index is 4.42. The average Bonchev–Trinajstić information content (AvgIpc) is 2.11. The van der Waals surface area contributed by atoms with Crippen molar-refractivity contribution in [2.75, 3.05) is 0 Å². The zero-order valence-electron chi connectivity index (χ0n) is 13.6. The van der Waals surface area contributed by atoms with E-state index in [9.17, 15) is 4.79 Å². The molecular formula is C16H31NO2. The van der Waals surface area contributed by atoms with E-state index in [0.29, 0.717) is 11.8 Å². The van der Waals surface area contributed by atoms with Crippen LogP contribution in [0.15, 0.2) is 12.2 Å². The Morgan fingerprint density at radius 2 is 1.74 bits per heavy atom. The van der Waals surface area contributed by atoms with Gasteiger partial charge in [-0.15, -0.1) is 0 Å². The molecule has 0 spiro atoms. The number of alkyl carbamates (subject to hydrolysis) is 1. The van der Waals surface area contributed by atoms with Crippen molar-refractivity contribution in [1.82, 2.24) is 5.32 Å². The number of carbonyl (C=O) groups excluding carboxylic acids is 1. The van der Waals surface area contributed by atoms with Gasteiger partial charge in [0.25, 0.3) is 0 Å². The van der Waals surface area contributed by atoms with Crippen LogP contribution in [0.2, 0.25) is 0 Å². The summed E-state index contributed by atoms with van der Waals surface area (Å²) in [5, 5.41) is 2.93. The van der Waals surface area contributed by atoms with E-state index in [4.69, 9.17) is 4.74 Å². The van der Waals surface area contributed by atoms with Crippen LogP contribution in [0.4, 0.5) is 4.79 Å². The standard InChI is InChI=1S/C16H31NO2/c1-12(2)9-8-10-14(11-13(3)4)17-15(18)19-16(5,6)7/h8,10,12-14H,9,11H2,1-7H3,(H,17,18)/b10-8+. The van der Waals surface area contributed by atoms with Gasteiger partial charge in [-0.3, -0.25) is 0 Å². The number of ether oxygens (including phenoxy) is 1. The van der Waals surface area contributed by atoms with E-state index in [1.807, 2.05) is 20.8 Å². The second-order valence-electron chi connectivity index (χ2n) is 6.94. The SMILES string of the molecule is CC(C)C/C=C/C(CC(C)C)NC(=O)OC(C)(C)C. The van der Waals surface area contributed by atoms with Crippen molar-refractivity contribution >= 4 is 6.09 Å². The smallest absolute Gasteiger partial charge is 0.408 e. The van der Waals surface area contributed by atoms with Crippen LogP contribution in [0, 0.1) is 11.8 Å². The summed E-state index contributed by atoms with van der Waals surface area (Å²) in [6, 6.07) is 0.0496. The van der Waals surface area contributed by atoms with Gasteiger partial charge >= 0.3 is 6.09 Å². The van der Waals surface area contributed by atoms with Gasteiger partial charge in [0, 0.05) is 0 Å². The lowest BCUT2D eigenvalue weighted by atomic mass is 10.0. The molecule has 0 aliphatic heterocycles. The summed E-state index contributed by atoms with van der Waals surface area (Å²) in [6.07, 6.45) is 5.85. The molecule has 0 radical (unpaired) electrons. The third-order valence-electron chi connectivity index (χ3n) is 2.40. The largest absolute Gasteiger partial charge is 0.444 e. The first kappa shape index (κ1) is 18.0. The topological polar surface area (TPSA) is 38.3 Å². The third kappa shape index (κ3) is 11.8. The Kier molecular flexibility index (Phi) is 7.81. The molecule has 0 fully saturated rings. The highest BCUT2D eigenvalue weighted by Gasteiger charge is 2.18. The van der Waals surface area contributed by atoms with Crippen LogP contribution in [0.3, 0.4) is 0 Å². The maximum atomic E-state index is 11.8. The second-order valence-corrected chi connectivity index (χ2v) is 6.94. The number of carbonyl (C=O) groups is 1. The van der Waals surface area contributed by atoms with Gasteiger partial charge in [-0.05, 0) is 45.4 Å². The number of amides is 1. The fourth-order valence-electron chi connectivity index (χ4n) is 1.67. The lowest BCUT2D eigenvalue weighted by Crippen LogP contribution is -2.38. The van der Waals surface area contributed by atoms with E-state index >= 15 is 0 Å². The molecular weight excluding hydrogens is 238 g/mol. The molecule has 112 valence electrons. The van der Waals surface area contributed by atoms with Crippen molar-refractivity contribution in [3.8, 4) is 0 Å². The molecule has 0 aromatic carbocycles. The van der Waals surface area contributed by atoms with E-state index in [1.165, 1.54) is 0 Å². The molecule has 0 saturated carbocycles. The van der Waals surface area contributed by atoms with Crippen LogP contribution in [0.5, 0.6) is 0 Å². The molecule has 3 heteroatoms. The highest BCUT2D eigenvalue weighted by atomic mass is 16.6. The summed E-state index contributed by atoms with van der Waals surface area (Å²) in [4.78, 5) is 11.8. The minimum Gasteiger partial charge on any atom is -0.444 e. The predicted octanol–water partition coefficient (Wildman–Crippen LogP) is 4.53. The number of allylic oxidation sites excluding steroid dienone is 1. The van der Waals surface area contributed by atoms with Crippen molar-refractivity contribution in [3.63, 3.8) is 0 Å².